The fourth-order valence-electron chi connectivity index (χ4n) is 4.02. The summed E-state index contributed by atoms with van der Waals surface area (Å²) < 4.78 is 0. The third-order valence-corrected chi connectivity index (χ3v) is 5.82. The molecule has 0 radical (unpaired) electrons. The molecule has 1 saturated heterocycles. The first-order valence-electron chi connectivity index (χ1n) is 10.6. The maximum atomic E-state index is 4.34. The van der Waals surface area contributed by atoms with Gasteiger partial charge in [0.05, 0.1) is 0 Å². The molecule has 26 heavy (non-hydrogen) atoms. The molecule has 0 aromatic heterocycles. The summed E-state index contributed by atoms with van der Waals surface area (Å²) >= 11 is 0. The van der Waals surface area contributed by atoms with Gasteiger partial charge in [-0.25, -0.2) is 0 Å². The molecule has 1 aliphatic carbocycles. The summed E-state index contributed by atoms with van der Waals surface area (Å²) in [5.74, 6) is 2.00. The molecule has 2 aliphatic rings. The minimum Gasteiger partial charge on any atom is -0.356 e. The van der Waals surface area contributed by atoms with Crippen LogP contribution in [0.5, 0.6) is 0 Å². The average Bonchev–Trinajstić information content (AvgIpc) is 3.14. The van der Waals surface area contributed by atoms with E-state index in [2.05, 4.69) is 32.5 Å². The maximum absolute atomic E-state index is 4.34. The Morgan fingerprint density at radius 2 is 1.54 bits per heavy atom. The van der Waals surface area contributed by atoms with E-state index in [0.29, 0.717) is 0 Å². The molecule has 6 heteroatoms. The van der Waals surface area contributed by atoms with Crippen molar-refractivity contribution in [2.75, 3.05) is 59.9 Å². The summed E-state index contributed by atoms with van der Waals surface area (Å²) in [6.45, 7) is 8.21. The number of guanidine groups is 1. The monoisotopic (exact) mass is 479 g/mol. The number of hydrogen-bond acceptors (Lipinski definition) is 3. The number of nitrogens with zero attached hydrogens (tertiary/aromatic N) is 3. The summed E-state index contributed by atoms with van der Waals surface area (Å²) in [6.07, 6.45) is 12.4. The molecular formula is C20H42IN5. The van der Waals surface area contributed by atoms with Gasteiger partial charge in [0.15, 0.2) is 5.96 Å². The summed E-state index contributed by atoms with van der Waals surface area (Å²) in [4.78, 5) is 9.35. The molecule has 2 rings (SSSR count). The summed E-state index contributed by atoms with van der Waals surface area (Å²) in [5.41, 5.74) is 0. The molecule has 1 saturated carbocycles. The van der Waals surface area contributed by atoms with Crippen LogP contribution in [0, 0.1) is 5.92 Å². The van der Waals surface area contributed by atoms with E-state index in [4.69, 9.17) is 0 Å². The van der Waals surface area contributed by atoms with E-state index >= 15 is 0 Å². The predicted molar refractivity (Wildman–Crippen MR) is 124 cm³/mol. The van der Waals surface area contributed by atoms with Crippen molar-refractivity contribution in [2.45, 2.75) is 57.8 Å². The van der Waals surface area contributed by atoms with E-state index in [1.54, 1.807) is 0 Å². The van der Waals surface area contributed by atoms with Gasteiger partial charge in [0.2, 0.25) is 0 Å². The van der Waals surface area contributed by atoms with Crippen molar-refractivity contribution in [2.24, 2.45) is 10.9 Å². The van der Waals surface area contributed by atoms with Crippen LogP contribution < -0.4 is 10.6 Å². The average molecular weight is 479 g/mol. The van der Waals surface area contributed by atoms with Gasteiger partial charge < -0.3 is 20.4 Å². The number of rotatable bonds is 10. The Hall–Kier alpha value is -0.0800. The number of likely N-dealkylation sites (N-methyl/N-ethyl adjacent to an activating group) is 1. The lowest BCUT2D eigenvalue weighted by Gasteiger charge is -2.32. The van der Waals surface area contributed by atoms with Crippen LogP contribution in [0.3, 0.4) is 0 Å². The molecule has 0 aromatic carbocycles. The van der Waals surface area contributed by atoms with Gasteiger partial charge in [-0.2, -0.15) is 0 Å². The first-order chi connectivity index (χ1) is 12.3. The number of halogens is 1. The molecule has 0 amide bonds. The minimum atomic E-state index is 0. The van der Waals surface area contributed by atoms with Gasteiger partial charge >= 0.3 is 0 Å². The van der Waals surface area contributed by atoms with Crippen LogP contribution in [-0.2, 0) is 0 Å². The van der Waals surface area contributed by atoms with Crippen LogP contribution in [0.15, 0.2) is 4.99 Å². The van der Waals surface area contributed by atoms with Crippen molar-refractivity contribution in [1.82, 2.24) is 20.4 Å². The third-order valence-electron chi connectivity index (χ3n) is 5.82. The van der Waals surface area contributed by atoms with E-state index in [-0.39, 0.29) is 24.0 Å². The van der Waals surface area contributed by atoms with Crippen LogP contribution in [-0.4, -0.2) is 75.7 Å². The third kappa shape index (κ3) is 10.3. The van der Waals surface area contributed by atoms with Crippen molar-refractivity contribution in [1.29, 1.82) is 0 Å². The van der Waals surface area contributed by atoms with Crippen molar-refractivity contribution >= 4 is 29.9 Å². The number of nitrogens with one attached hydrogen (secondary N) is 2. The highest BCUT2D eigenvalue weighted by molar-refractivity contribution is 14.0. The Kier molecular flexibility index (Phi) is 13.7. The normalized spacial score (nSPS) is 20.2. The zero-order valence-corrected chi connectivity index (χ0v) is 19.5. The van der Waals surface area contributed by atoms with Crippen molar-refractivity contribution in [3.63, 3.8) is 0 Å². The fourth-order valence-corrected chi connectivity index (χ4v) is 4.02. The Labute approximate surface area is 178 Å². The molecule has 0 aromatic rings. The predicted octanol–water partition coefficient (Wildman–Crippen LogP) is 3.16. The van der Waals surface area contributed by atoms with Crippen LogP contribution in [0.25, 0.3) is 0 Å². The van der Waals surface area contributed by atoms with Gasteiger partial charge in [0.1, 0.15) is 0 Å². The molecule has 1 aliphatic heterocycles. The highest BCUT2D eigenvalue weighted by Gasteiger charge is 2.14. The zero-order valence-electron chi connectivity index (χ0n) is 17.1. The molecule has 0 bridgehead atoms. The van der Waals surface area contributed by atoms with Crippen LogP contribution in [0.1, 0.15) is 57.8 Å². The lowest BCUT2D eigenvalue weighted by molar-refractivity contribution is 0.152. The van der Waals surface area contributed by atoms with E-state index in [0.717, 1.165) is 25.0 Å². The lowest BCUT2D eigenvalue weighted by Crippen LogP contribution is -2.44. The van der Waals surface area contributed by atoms with Gasteiger partial charge in [-0.15, -0.1) is 24.0 Å². The second kappa shape index (κ2) is 14.9. The maximum Gasteiger partial charge on any atom is 0.190 e. The molecule has 5 nitrogen and oxygen atoms in total. The van der Waals surface area contributed by atoms with Crippen LogP contribution in [0.2, 0.25) is 0 Å². The molecule has 0 spiro atoms. The number of piperazine rings is 1. The fraction of sp³-hybridized carbons (Fsp3) is 0.950. The first-order valence-corrected chi connectivity index (χ1v) is 10.6. The Morgan fingerprint density at radius 1 is 0.923 bits per heavy atom. The minimum absolute atomic E-state index is 0. The van der Waals surface area contributed by atoms with Gasteiger partial charge in [-0.3, -0.25) is 4.99 Å². The topological polar surface area (TPSA) is 42.9 Å². The molecule has 0 atom stereocenters. The van der Waals surface area contributed by atoms with E-state index < -0.39 is 0 Å². The standard InChI is InChI=1S/C20H41N5.HI/c1-21-20(22-12-6-5-11-19-9-3-4-10-19)23-13-7-8-14-25-17-15-24(2)16-18-25;/h19H,3-18H2,1-2H3,(H2,21,22,23);1H. The molecule has 2 fully saturated rings. The Balaban J connectivity index is 0.00000338. The second-order valence-electron chi connectivity index (χ2n) is 7.92. The Bertz CT molecular complexity index is 363. The quantitative estimate of drug-likeness (QED) is 0.219. The van der Waals surface area contributed by atoms with Gasteiger partial charge in [-0.1, -0.05) is 38.5 Å². The summed E-state index contributed by atoms with van der Waals surface area (Å²) in [6, 6.07) is 0. The highest BCUT2D eigenvalue weighted by Crippen LogP contribution is 2.28. The molecular weight excluding hydrogens is 437 g/mol. The smallest absolute Gasteiger partial charge is 0.190 e. The van der Waals surface area contributed by atoms with Crippen molar-refractivity contribution in [3.8, 4) is 0 Å². The van der Waals surface area contributed by atoms with Crippen LogP contribution in [0.4, 0.5) is 0 Å². The van der Waals surface area contributed by atoms with Gasteiger partial charge in [-0.05, 0) is 38.8 Å². The zero-order chi connectivity index (χ0) is 17.7. The molecule has 1 heterocycles. The van der Waals surface area contributed by atoms with Crippen molar-refractivity contribution in [3.05, 3.63) is 0 Å². The van der Waals surface area contributed by atoms with Crippen LogP contribution >= 0.6 is 24.0 Å². The SMILES string of the molecule is CN=C(NCCCCC1CCCC1)NCCCCN1CCN(C)CC1.I. The largest absolute Gasteiger partial charge is 0.356 e. The molecule has 154 valence electrons. The second-order valence-corrected chi connectivity index (χ2v) is 7.92. The van der Waals surface area contributed by atoms with E-state index in [9.17, 15) is 0 Å². The lowest BCUT2D eigenvalue weighted by atomic mass is 10.0. The number of aliphatic imine (C=N–C) groups is 1. The summed E-state index contributed by atoms with van der Waals surface area (Å²) in [7, 11) is 4.09. The molecule has 0 unspecified atom stereocenters. The first kappa shape index (κ1) is 24.0. The highest BCUT2D eigenvalue weighted by atomic mass is 127. The van der Waals surface area contributed by atoms with Gasteiger partial charge in [0, 0.05) is 46.3 Å². The van der Waals surface area contributed by atoms with E-state index in [1.807, 2.05) is 7.05 Å². The van der Waals surface area contributed by atoms with Gasteiger partial charge in [0.25, 0.3) is 0 Å². The summed E-state index contributed by atoms with van der Waals surface area (Å²) in [5, 5.41) is 6.92. The van der Waals surface area contributed by atoms with E-state index in [1.165, 1.54) is 90.5 Å². The number of unbranched alkanes of at least 4 members (excludes halogenated alkanes) is 2. The number of hydrogen-bond donors (Lipinski definition) is 2. The molecule has 2 N–H and O–H groups in total. The van der Waals surface area contributed by atoms with Crippen molar-refractivity contribution < 1.29 is 0 Å². The Morgan fingerprint density at radius 3 is 2.15 bits per heavy atom.